The van der Waals surface area contributed by atoms with Gasteiger partial charge in [-0.2, -0.15) is 0 Å². The average Bonchev–Trinajstić information content (AvgIpc) is 1.95. The van der Waals surface area contributed by atoms with Crippen LogP contribution in [-0.2, 0) is 0 Å². The third-order valence-electron chi connectivity index (χ3n) is 1.38. The summed E-state index contributed by atoms with van der Waals surface area (Å²) in [6, 6.07) is 5.45. The maximum atomic E-state index is 5.78. The lowest BCUT2D eigenvalue weighted by molar-refractivity contribution is 1.49. The van der Waals surface area contributed by atoms with Gasteiger partial charge in [0.15, 0.2) is 0 Å². The Morgan fingerprint density at radius 3 is 2.70 bits per heavy atom. The molecule has 2 heteroatoms. The highest BCUT2D eigenvalue weighted by Gasteiger charge is 2.07. The molecular formula is C8H7ClN+. The standard InChI is InChI=1S/C8H7ClN/c1-6-7(9)4-3-5-8(6)10-2/h2-5H,1H3/q+1. The van der Waals surface area contributed by atoms with Crippen molar-refractivity contribution in [2.45, 2.75) is 6.92 Å². The Balaban J connectivity index is 3.31. The molecule has 1 rings (SSSR count). The maximum Gasteiger partial charge on any atom is 0.344 e. The number of benzene rings is 1. The smallest absolute Gasteiger partial charge is 0.0837 e. The molecular weight excluding hydrogens is 146 g/mol. The van der Waals surface area contributed by atoms with E-state index in [9.17, 15) is 0 Å². The van der Waals surface area contributed by atoms with E-state index in [4.69, 9.17) is 18.2 Å². The van der Waals surface area contributed by atoms with Crippen LogP contribution in [0.15, 0.2) is 18.2 Å². The fourth-order valence-corrected chi connectivity index (χ4v) is 0.905. The van der Waals surface area contributed by atoms with E-state index in [1.807, 2.05) is 25.1 Å². The minimum Gasteiger partial charge on any atom is -0.0837 e. The summed E-state index contributed by atoms with van der Waals surface area (Å²) < 4.78 is 0. The Bertz CT molecular complexity index is 286. The van der Waals surface area contributed by atoms with Crippen molar-refractivity contribution in [2.24, 2.45) is 0 Å². The van der Waals surface area contributed by atoms with Crippen molar-refractivity contribution in [2.75, 3.05) is 0 Å². The first-order valence-electron chi connectivity index (χ1n) is 2.91. The monoisotopic (exact) mass is 152 g/mol. The van der Waals surface area contributed by atoms with Gasteiger partial charge >= 0.3 is 5.69 Å². The molecule has 0 saturated carbocycles. The molecule has 0 amide bonds. The van der Waals surface area contributed by atoms with Gasteiger partial charge in [-0.3, -0.25) is 0 Å². The van der Waals surface area contributed by atoms with Crippen molar-refractivity contribution < 1.29 is 0 Å². The fourth-order valence-electron chi connectivity index (χ4n) is 0.736. The molecule has 1 aromatic carbocycles. The van der Waals surface area contributed by atoms with Crippen LogP contribution in [0.4, 0.5) is 5.69 Å². The number of hydrogen-bond donors (Lipinski definition) is 0. The largest absolute Gasteiger partial charge is 0.344 e. The van der Waals surface area contributed by atoms with Crippen LogP contribution in [0.1, 0.15) is 5.56 Å². The molecule has 0 aromatic heterocycles. The van der Waals surface area contributed by atoms with E-state index in [0.29, 0.717) is 5.02 Å². The van der Waals surface area contributed by atoms with Crippen LogP contribution in [0, 0.1) is 13.5 Å². The van der Waals surface area contributed by atoms with Gasteiger partial charge in [0.1, 0.15) is 0 Å². The van der Waals surface area contributed by atoms with Crippen molar-refractivity contribution >= 4 is 17.3 Å². The Morgan fingerprint density at radius 2 is 2.20 bits per heavy atom. The quantitative estimate of drug-likeness (QED) is 0.538. The van der Waals surface area contributed by atoms with Gasteiger partial charge in [-0.05, 0) is 17.8 Å². The van der Waals surface area contributed by atoms with Gasteiger partial charge in [0.2, 0.25) is 0 Å². The Kier molecular flexibility index (Phi) is 1.94. The molecule has 0 unspecified atom stereocenters. The highest BCUT2D eigenvalue weighted by molar-refractivity contribution is 6.31. The molecule has 0 heterocycles. The minimum absolute atomic E-state index is 0.701. The van der Waals surface area contributed by atoms with Crippen molar-refractivity contribution in [3.8, 4) is 6.57 Å². The lowest BCUT2D eigenvalue weighted by atomic mass is 10.2. The summed E-state index contributed by atoms with van der Waals surface area (Å²) in [5, 5.41) is 0.701. The summed E-state index contributed by atoms with van der Waals surface area (Å²) in [4.78, 5) is 3.55. The van der Waals surface area contributed by atoms with Gasteiger partial charge in [-0.25, -0.2) is 0 Å². The second kappa shape index (κ2) is 2.72. The number of halogens is 1. The SMILES string of the molecule is C#[N+]c1cccc(Cl)c1C. The summed E-state index contributed by atoms with van der Waals surface area (Å²) in [6.45, 7) is 6.97. The predicted molar refractivity (Wildman–Crippen MR) is 44.2 cm³/mol. The van der Waals surface area contributed by atoms with Crippen LogP contribution >= 0.6 is 11.6 Å². The summed E-state index contributed by atoms with van der Waals surface area (Å²) in [5.74, 6) is 0. The second-order valence-corrected chi connectivity index (χ2v) is 2.42. The van der Waals surface area contributed by atoms with E-state index in [1.165, 1.54) is 0 Å². The molecule has 0 aliphatic heterocycles. The first kappa shape index (κ1) is 7.11. The van der Waals surface area contributed by atoms with Crippen LogP contribution in [0.3, 0.4) is 0 Å². The van der Waals surface area contributed by atoms with Gasteiger partial charge in [0, 0.05) is 6.07 Å². The van der Waals surface area contributed by atoms with E-state index in [-0.39, 0.29) is 0 Å². The molecule has 10 heavy (non-hydrogen) atoms. The predicted octanol–water partition coefficient (Wildman–Crippen LogP) is 3.24. The van der Waals surface area contributed by atoms with Gasteiger partial charge in [-0.1, -0.05) is 17.7 Å². The molecule has 0 bridgehead atoms. The van der Waals surface area contributed by atoms with E-state index in [1.54, 1.807) is 0 Å². The summed E-state index contributed by atoms with van der Waals surface area (Å²) in [6.07, 6.45) is 0. The molecule has 0 spiro atoms. The van der Waals surface area contributed by atoms with Gasteiger partial charge in [0.25, 0.3) is 6.57 Å². The fraction of sp³-hybridized carbons (Fsp3) is 0.125. The Hall–Kier alpha value is -1.00. The zero-order valence-corrected chi connectivity index (χ0v) is 6.39. The molecule has 0 fully saturated rings. The average molecular weight is 153 g/mol. The Morgan fingerprint density at radius 1 is 1.50 bits per heavy atom. The zero-order valence-electron chi connectivity index (χ0n) is 5.63. The molecule has 1 nitrogen and oxygen atoms in total. The maximum absolute atomic E-state index is 5.78. The van der Waals surface area contributed by atoms with Crippen molar-refractivity contribution in [3.63, 3.8) is 0 Å². The molecule has 0 N–H and O–H groups in total. The number of hydrogen-bond acceptors (Lipinski definition) is 0. The summed E-state index contributed by atoms with van der Waals surface area (Å²) >= 11 is 5.78. The van der Waals surface area contributed by atoms with Gasteiger partial charge < -0.3 is 0 Å². The topological polar surface area (TPSA) is 4.36 Å². The zero-order chi connectivity index (χ0) is 7.56. The molecule has 50 valence electrons. The second-order valence-electron chi connectivity index (χ2n) is 2.01. The van der Waals surface area contributed by atoms with Crippen LogP contribution in [0.5, 0.6) is 0 Å². The molecule has 0 aliphatic carbocycles. The lowest BCUT2D eigenvalue weighted by Crippen LogP contribution is -1.72. The van der Waals surface area contributed by atoms with E-state index >= 15 is 0 Å². The first-order chi connectivity index (χ1) is 4.75. The number of nitrogens with zero attached hydrogens (tertiary/aromatic N) is 1. The van der Waals surface area contributed by atoms with E-state index in [2.05, 4.69) is 4.85 Å². The third kappa shape index (κ3) is 1.12. The van der Waals surface area contributed by atoms with Gasteiger partial charge in [-0.15, -0.1) is 0 Å². The Labute approximate surface area is 65.1 Å². The molecule has 0 atom stereocenters. The molecule has 0 aliphatic rings. The van der Waals surface area contributed by atoms with Crippen molar-refractivity contribution in [1.29, 1.82) is 0 Å². The van der Waals surface area contributed by atoms with Crippen molar-refractivity contribution in [1.82, 2.24) is 0 Å². The van der Waals surface area contributed by atoms with E-state index < -0.39 is 0 Å². The minimum atomic E-state index is 0.701. The third-order valence-corrected chi connectivity index (χ3v) is 1.79. The molecule has 0 saturated heterocycles. The van der Waals surface area contributed by atoms with E-state index in [0.717, 1.165) is 11.3 Å². The summed E-state index contributed by atoms with van der Waals surface area (Å²) in [7, 11) is 0. The molecule has 0 radical (unpaired) electrons. The van der Waals surface area contributed by atoms with Crippen molar-refractivity contribution in [3.05, 3.63) is 33.6 Å². The first-order valence-corrected chi connectivity index (χ1v) is 3.29. The highest BCUT2D eigenvalue weighted by Crippen LogP contribution is 2.24. The number of rotatable bonds is 0. The van der Waals surface area contributed by atoms with Crippen LogP contribution in [0.2, 0.25) is 5.02 Å². The normalized spacial score (nSPS) is 8.90. The highest BCUT2D eigenvalue weighted by atomic mass is 35.5. The van der Waals surface area contributed by atoms with Crippen LogP contribution in [0.25, 0.3) is 4.85 Å². The van der Waals surface area contributed by atoms with Crippen LogP contribution < -0.4 is 0 Å². The summed E-state index contributed by atoms with van der Waals surface area (Å²) in [5.41, 5.74) is 1.67. The van der Waals surface area contributed by atoms with Gasteiger partial charge in [0.05, 0.1) is 10.6 Å². The molecule has 1 aromatic rings. The van der Waals surface area contributed by atoms with Crippen LogP contribution in [-0.4, -0.2) is 0 Å². The lowest BCUT2D eigenvalue weighted by Gasteiger charge is -1.90.